The molecule has 7 heteroatoms. The zero-order chi connectivity index (χ0) is 13.0. The maximum atomic E-state index is 13.2. The Balaban J connectivity index is 3.32. The third-order valence-corrected chi connectivity index (χ3v) is 1.84. The molecule has 0 amide bonds. The van der Waals surface area contributed by atoms with Gasteiger partial charge in [-0.25, -0.2) is 9.18 Å². The van der Waals surface area contributed by atoms with Crippen LogP contribution < -0.4 is 0 Å². The molecule has 1 aromatic carbocycles. The van der Waals surface area contributed by atoms with Crippen LogP contribution in [0.15, 0.2) is 23.8 Å². The summed E-state index contributed by atoms with van der Waals surface area (Å²) >= 11 is 0. The molecule has 0 fully saturated rings. The van der Waals surface area contributed by atoms with E-state index in [2.05, 4.69) is 0 Å². The molecule has 17 heavy (non-hydrogen) atoms. The van der Waals surface area contributed by atoms with Crippen LogP contribution in [0.1, 0.15) is 5.56 Å². The van der Waals surface area contributed by atoms with Crippen molar-refractivity contribution in [1.82, 2.24) is 0 Å². The maximum absolute atomic E-state index is 13.2. The molecule has 0 unspecified atom stereocenters. The van der Waals surface area contributed by atoms with Gasteiger partial charge in [-0.3, -0.25) is 10.1 Å². The Morgan fingerprint density at radius 2 is 2.24 bits per heavy atom. The van der Waals surface area contributed by atoms with E-state index >= 15 is 0 Å². The van der Waals surface area contributed by atoms with Crippen molar-refractivity contribution in [2.75, 3.05) is 0 Å². The number of halogens is 1. The summed E-state index contributed by atoms with van der Waals surface area (Å²) in [6.45, 7) is 0. The molecule has 0 heterocycles. The van der Waals surface area contributed by atoms with Gasteiger partial charge in [-0.05, 0) is 12.1 Å². The van der Waals surface area contributed by atoms with E-state index in [1.54, 1.807) is 0 Å². The highest BCUT2D eigenvalue weighted by Crippen LogP contribution is 2.19. The van der Waals surface area contributed by atoms with E-state index in [1.807, 2.05) is 0 Å². The van der Waals surface area contributed by atoms with E-state index in [-0.39, 0.29) is 11.3 Å². The molecule has 0 bridgehead atoms. The van der Waals surface area contributed by atoms with Crippen LogP contribution in [-0.2, 0) is 4.79 Å². The zero-order valence-electron chi connectivity index (χ0n) is 8.25. The Morgan fingerprint density at radius 1 is 1.59 bits per heavy atom. The van der Waals surface area contributed by atoms with Crippen molar-refractivity contribution < 1.29 is 19.2 Å². The molecule has 0 spiro atoms. The largest absolute Gasteiger partial charge is 0.477 e. The molecule has 0 aliphatic rings. The third-order valence-electron chi connectivity index (χ3n) is 1.84. The first-order valence-corrected chi connectivity index (χ1v) is 4.24. The number of benzene rings is 1. The first-order chi connectivity index (χ1) is 7.95. The molecule has 1 rings (SSSR count). The van der Waals surface area contributed by atoms with Crippen LogP contribution in [0.5, 0.6) is 0 Å². The molecule has 0 atom stereocenters. The van der Waals surface area contributed by atoms with Crippen molar-refractivity contribution in [3.63, 3.8) is 0 Å². The minimum Gasteiger partial charge on any atom is -0.477 e. The van der Waals surface area contributed by atoms with Crippen LogP contribution in [0.25, 0.3) is 6.08 Å². The fraction of sp³-hybridized carbons (Fsp3) is 0. The van der Waals surface area contributed by atoms with Gasteiger partial charge in [0.05, 0.1) is 4.92 Å². The predicted molar refractivity (Wildman–Crippen MR) is 54.3 cm³/mol. The van der Waals surface area contributed by atoms with Gasteiger partial charge in [-0.2, -0.15) is 5.26 Å². The second-order valence-corrected chi connectivity index (χ2v) is 2.94. The first-order valence-electron chi connectivity index (χ1n) is 4.24. The molecule has 86 valence electrons. The minimum absolute atomic E-state index is 0.321. The van der Waals surface area contributed by atoms with Crippen LogP contribution in [0.4, 0.5) is 10.1 Å². The second-order valence-electron chi connectivity index (χ2n) is 2.94. The lowest BCUT2D eigenvalue weighted by molar-refractivity contribution is -0.384. The summed E-state index contributed by atoms with van der Waals surface area (Å²) in [5.41, 5.74) is -1.41. The fourth-order valence-electron chi connectivity index (χ4n) is 1.05. The number of carboxylic acids is 1. The van der Waals surface area contributed by atoms with E-state index < -0.39 is 22.3 Å². The molecule has 0 saturated carbocycles. The van der Waals surface area contributed by atoms with Gasteiger partial charge in [0.25, 0.3) is 5.69 Å². The number of nitro groups is 1. The standard InChI is InChI=1S/C10H5FN2O4/c11-9-2-1-8(13(16)17)4-6(9)3-7(5-12)10(14)15/h1-4H,(H,14,15)/b7-3+. The Bertz CT molecular complexity index is 560. The number of nitriles is 1. The number of non-ortho nitro benzene ring substituents is 1. The van der Waals surface area contributed by atoms with Crippen LogP contribution in [0, 0.1) is 27.3 Å². The molecular weight excluding hydrogens is 231 g/mol. The Hall–Kier alpha value is -2.75. The van der Waals surface area contributed by atoms with E-state index in [0.29, 0.717) is 0 Å². The van der Waals surface area contributed by atoms with Crippen molar-refractivity contribution in [1.29, 1.82) is 5.26 Å². The van der Waals surface area contributed by atoms with Gasteiger partial charge < -0.3 is 5.11 Å². The molecule has 0 radical (unpaired) electrons. The maximum Gasteiger partial charge on any atom is 0.346 e. The Morgan fingerprint density at radius 3 is 2.71 bits per heavy atom. The van der Waals surface area contributed by atoms with E-state index in [0.717, 1.165) is 24.3 Å². The predicted octanol–water partition coefficient (Wildman–Crippen LogP) is 1.73. The molecule has 0 aliphatic carbocycles. The van der Waals surface area contributed by atoms with Gasteiger partial charge in [0, 0.05) is 17.7 Å². The van der Waals surface area contributed by atoms with Crippen molar-refractivity contribution in [2.45, 2.75) is 0 Å². The summed E-state index contributed by atoms with van der Waals surface area (Å²) in [7, 11) is 0. The molecule has 6 nitrogen and oxygen atoms in total. The molecule has 1 aromatic rings. The second kappa shape index (κ2) is 4.85. The SMILES string of the molecule is N#C/C(=C\c1cc([N+](=O)[O-])ccc1F)C(=O)O. The van der Waals surface area contributed by atoms with Crippen LogP contribution in [-0.4, -0.2) is 16.0 Å². The normalized spacial score (nSPS) is 10.7. The van der Waals surface area contributed by atoms with Crippen molar-refractivity contribution in [2.24, 2.45) is 0 Å². The van der Waals surface area contributed by atoms with Crippen LogP contribution in [0.3, 0.4) is 0 Å². The highest BCUT2D eigenvalue weighted by atomic mass is 19.1. The number of rotatable bonds is 3. The molecule has 1 N–H and O–H groups in total. The topological polar surface area (TPSA) is 104 Å². The van der Waals surface area contributed by atoms with Gasteiger partial charge in [0.2, 0.25) is 0 Å². The molecule has 0 saturated heterocycles. The lowest BCUT2D eigenvalue weighted by Crippen LogP contribution is -1.98. The summed E-state index contributed by atoms with van der Waals surface area (Å²) in [6, 6.07) is 3.99. The van der Waals surface area contributed by atoms with Crippen molar-refractivity contribution in [3.8, 4) is 6.07 Å². The molecule has 0 aliphatic heterocycles. The number of nitro benzene ring substituents is 1. The average Bonchev–Trinajstić information content (AvgIpc) is 2.27. The minimum atomic E-state index is -1.53. The van der Waals surface area contributed by atoms with Gasteiger partial charge in [-0.1, -0.05) is 0 Å². The number of hydrogen-bond acceptors (Lipinski definition) is 4. The van der Waals surface area contributed by atoms with Crippen LogP contribution in [0.2, 0.25) is 0 Å². The summed E-state index contributed by atoms with van der Waals surface area (Å²) in [6.07, 6.45) is 0.741. The average molecular weight is 236 g/mol. The smallest absolute Gasteiger partial charge is 0.346 e. The van der Waals surface area contributed by atoms with Crippen molar-refractivity contribution >= 4 is 17.7 Å². The lowest BCUT2D eigenvalue weighted by Gasteiger charge is -1.97. The first kappa shape index (κ1) is 12.3. The quantitative estimate of drug-likeness (QED) is 0.372. The summed E-state index contributed by atoms with van der Waals surface area (Å²) < 4.78 is 13.2. The number of aliphatic carboxylic acids is 1. The lowest BCUT2D eigenvalue weighted by atomic mass is 10.1. The van der Waals surface area contributed by atoms with Crippen molar-refractivity contribution in [3.05, 3.63) is 45.3 Å². The Labute approximate surface area is 94.4 Å². The van der Waals surface area contributed by atoms with E-state index in [9.17, 15) is 19.3 Å². The fourth-order valence-corrected chi connectivity index (χ4v) is 1.05. The third kappa shape index (κ3) is 2.85. The Kier molecular flexibility index (Phi) is 3.51. The number of carboxylic acid groups (broad SMARTS) is 1. The monoisotopic (exact) mass is 236 g/mol. The molecular formula is C10H5FN2O4. The zero-order valence-corrected chi connectivity index (χ0v) is 8.25. The van der Waals surface area contributed by atoms with Gasteiger partial charge >= 0.3 is 5.97 Å². The number of nitrogens with zero attached hydrogens (tertiary/aromatic N) is 2. The summed E-state index contributed by atoms with van der Waals surface area (Å²) in [5.74, 6) is -2.37. The highest BCUT2D eigenvalue weighted by molar-refractivity contribution is 5.96. The summed E-state index contributed by atoms with van der Waals surface area (Å²) in [4.78, 5) is 20.2. The number of hydrogen-bond donors (Lipinski definition) is 1. The molecule has 0 aromatic heterocycles. The van der Waals surface area contributed by atoms with Gasteiger partial charge in [0.1, 0.15) is 17.5 Å². The summed E-state index contributed by atoms with van der Waals surface area (Å²) in [5, 5.41) is 27.5. The highest BCUT2D eigenvalue weighted by Gasteiger charge is 2.12. The van der Waals surface area contributed by atoms with Gasteiger partial charge in [-0.15, -0.1) is 0 Å². The van der Waals surface area contributed by atoms with Crippen LogP contribution >= 0.6 is 0 Å². The van der Waals surface area contributed by atoms with E-state index in [4.69, 9.17) is 10.4 Å². The van der Waals surface area contributed by atoms with E-state index in [1.165, 1.54) is 6.07 Å². The number of carbonyl (C=O) groups is 1. The van der Waals surface area contributed by atoms with Gasteiger partial charge in [0.15, 0.2) is 0 Å².